The van der Waals surface area contributed by atoms with Crippen molar-refractivity contribution in [2.24, 2.45) is 0 Å². The highest BCUT2D eigenvalue weighted by Gasteiger charge is 2.61. The van der Waals surface area contributed by atoms with Crippen LogP contribution in [0, 0.1) is 10.1 Å². The molecule has 3 saturated heterocycles. The van der Waals surface area contributed by atoms with Crippen LogP contribution in [0.2, 0.25) is 0 Å². The molecule has 0 saturated carbocycles. The zero-order valence-electron chi connectivity index (χ0n) is 11.9. The monoisotopic (exact) mass is 289 g/mol. The lowest BCUT2D eigenvalue weighted by atomic mass is 10.0. The van der Waals surface area contributed by atoms with Gasteiger partial charge in [-0.25, -0.2) is 0 Å². The molecule has 114 valence electrons. The van der Waals surface area contributed by atoms with Gasteiger partial charge in [0, 0.05) is 4.92 Å². The summed E-state index contributed by atoms with van der Waals surface area (Å²) in [5, 5.41) is 10.8. The summed E-state index contributed by atoms with van der Waals surface area (Å²) in [6.07, 6.45) is -2.64. The summed E-state index contributed by atoms with van der Waals surface area (Å²) in [6, 6.07) is 0. The van der Waals surface area contributed by atoms with Crippen LogP contribution in [0.25, 0.3) is 0 Å². The summed E-state index contributed by atoms with van der Waals surface area (Å²) < 4.78 is 28.6. The highest BCUT2D eigenvalue weighted by Crippen LogP contribution is 2.44. The van der Waals surface area contributed by atoms with Gasteiger partial charge in [0.05, 0.1) is 0 Å². The van der Waals surface area contributed by atoms with Gasteiger partial charge in [0.1, 0.15) is 18.3 Å². The third kappa shape index (κ3) is 2.42. The quantitative estimate of drug-likeness (QED) is 0.545. The Bertz CT molecular complexity index is 424. The van der Waals surface area contributed by atoms with Crippen LogP contribution in [0.5, 0.6) is 0 Å². The van der Waals surface area contributed by atoms with Crippen molar-refractivity contribution in [3.8, 4) is 0 Å². The lowest BCUT2D eigenvalue weighted by Crippen LogP contribution is -2.57. The standard InChI is InChI=1S/C12H19NO7/c1-11(2)17-6(5-13(14)15)7-8(18-11)9-10(16-7)20-12(3,4)19-9/h6-10H,5H2,1-4H3/t6-,7-,8+,9-,10-/m1/s1. The van der Waals surface area contributed by atoms with Gasteiger partial charge >= 0.3 is 0 Å². The molecule has 0 radical (unpaired) electrons. The zero-order valence-corrected chi connectivity index (χ0v) is 11.9. The third-order valence-electron chi connectivity index (χ3n) is 3.58. The van der Waals surface area contributed by atoms with Gasteiger partial charge in [0.25, 0.3) is 0 Å². The molecule has 3 rings (SSSR count). The molecule has 0 bridgehead atoms. The summed E-state index contributed by atoms with van der Waals surface area (Å²) >= 11 is 0. The molecule has 20 heavy (non-hydrogen) atoms. The van der Waals surface area contributed by atoms with E-state index < -0.39 is 47.2 Å². The second-order valence-corrected chi connectivity index (χ2v) is 6.22. The van der Waals surface area contributed by atoms with E-state index in [4.69, 9.17) is 23.7 Å². The smallest absolute Gasteiger partial charge is 0.232 e. The lowest BCUT2D eigenvalue weighted by Gasteiger charge is -2.42. The SMILES string of the molecule is CC1(C)O[C@H]2O[C@H]3[C@H](OC(C)(C)O[C@@H]3C[N+](=O)[O-])[C@H]2O1. The number of hydrogen-bond acceptors (Lipinski definition) is 7. The molecule has 0 unspecified atom stereocenters. The van der Waals surface area contributed by atoms with Crippen molar-refractivity contribution >= 4 is 0 Å². The van der Waals surface area contributed by atoms with Crippen molar-refractivity contribution in [2.45, 2.75) is 70.0 Å². The average molecular weight is 289 g/mol. The molecule has 0 aromatic heterocycles. The minimum atomic E-state index is -0.920. The zero-order chi connectivity index (χ0) is 14.7. The van der Waals surface area contributed by atoms with E-state index in [9.17, 15) is 10.1 Å². The molecule has 0 aromatic rings. The Balaban J connectivity index is 1.82. The first kappa shape index (κ1) is 14.2. The van der Waals surface area contributed by atoms with E-state index in [0.29, 0.717) is 0 Å². The van der Waals surface area contributed by atoms with Crippen molar-refractivity contribution in [3.63, 3.8) is 0 Å². The molecule has 0 N–H and O–H groups in total. The van der Waals surface area contributed by atoms with E-state index in [0.717, 1.165) is 0 Å². The molecule has 0 amide bonds. The van der Waals surface area contributed by atoms with Crippen molar-refractivity contribution in [1.82, 2.24) is 0 Å². The largest absolute Gasteiger partial charge is 0.342 e. The van der Waals surface area contributed by atoms with Crippen LogP contribution < -0.4 is 0 Å². The second-order valence-electron chi connectivity index (χ2n) is 6.22. The molecule has 5 atom stereocenters. The fourth-order valence-corrected chi connectivity index (χ4v) is 3.01. The maximum atomic E-state index is 10.8. The Morgan fingerprint density at radius 1 is 0.950 bits per heavy atom. The minimum absolute atomic E-state index is 0.337. The Morgan fingerprint density at radius 2 is 1.55 bits per heavy atom. The molecular formula is C12H19NO7. The number of nitrogens with zero attached hydrogens (tertiary/aromatic N) is 1. The molecule has 0 aliphatic carbocycles. The molecule has 8 nitrogen and oxygen atoms in total. The van der Waals surface area contributed by atoms with Crippen LogP contribution in [-0.2, 0) is 23.7 Å². The van der Waals surface area contributed by atoms with E-state index in [-0.39, 0.29) is 6.54 Å². The van der Waals surface area contributed by atoms with Gasteiger partial charge in [-0.1, -0.05) is 0 Å². The van der Waals surface area contributed by atoms with Crippen LogP contribution in [0.15, 0.2) is 0 Å². The maximum absolute atomic E-state index is 10.8. The first-order valence-corrected chi connectivity index (χ1v) is 6.65. The number of ether oxygens (including phenoxy) is 5. The molecule has 3 heterocycles. The van der Waals surface area contributed by atoms with Gasteiger partial charge < -0.3 is 23.7 Å². The third-order valence-corrected chi connectivity index (χ3v) is 3.58. The minimum Gasteiger partial charge on any atom is -0.342 e. The Morgan fingerprint density at radius 3 is 2.20 bits per heavy atom. The van der Waals surface area contributed by atoms with Gasteiger partial charge in [0.15, 0.2) is 24.0 Å². The normalized spacial score (nSPS) is 44.9. The molecule has 0 spiro atoms. The first-order chi connectivity index (χ1) is 9.17. The van der Waals surface area contributed by atoms with Gasteiger partial charge in [-0.2, -0.15) is 0 Å². The highest BCUT2D eigenvalue weighted by molar-refractivity contribution is 5.00. The topological polar surface area (TPSA) is 89.3 Å². The molecule has 3 aliphatic rings. The van der Waals surface area contributed by atoms with Gasteiger partial charge in [0.2, 0.25) is 6.54 Å². The average Bonchev–Trinajstić information content (AvgIpc) is 2.69. The molecule has 3 aliphatic heterocycles. The van der Waals surface area contributed by atoms with Crippen LogP contribution in [0.3, 0.4) is 0 Å². The Kier molecular flexibility index (Phi) is 3.07. The van der Waals surface area contributed by atoms with Crippen LogP contribution in [0.4, 0.5) is 0 Å². The molecule has 8 heteroatoms. The predicted octanol–water partition coefficient (Wildman–Crippen LogP) is 0.660. The van der Waals surface area contributed by atoms with Crippen molar-refractivity contribution in [1.29, 1.82) is 0 Å². The van der Waals surface area contributed by atoms with Crippen LogP contribution in [-0.4, -0.2) is 53.7 Å². The number of fused-ring (bicyclic) bond motifs is 3. The van der Waals surface area contributed by atoms with Crippen LogP contribution >= 0.6 is 0 Å². The van der Waals surface area contributed by atoms with Crippen molar-refractivity contribution in [2.75, 3.05) is 6.54 Å². The Hall–Kier alpha value is -0.800. The summed E-state index contributed by atoms with van der Waals surface area (Å²) in [4.78, 5) is 10.4. The highest BCUT2D eigenvalue weighted by atomic mass is 16.9. The molecule has 0 aromatic carbocycles. The summed E-state index contributed by atoms with van der Waals surface area (Å²) in [5.41, 5.74) is 0. The molecule has 3 fully saturated rings. The fraction of sp³-hybridized carbons (Fsp3) is 1.00. The van der Waals surface area contributed by atoms with Crippen molar-refractivity contribution in [3.05, 3.63) is 10.1 Å². The molecular weight excluding hydrogens is 270 g/mol. The van der Waals surface area contributed by atoms with Gasteiger partial charge in [-0.3, -0.25) is 10.1 Å². The lowest BCUT2D eigenvalue weighted by molar-refractivity contribution is -0.507. The van der Waals surface area contributed by atoms with E-state index in [1.807, 2.05) is 0 Å². The first-order valence-electron chi connectivity index (χ1n) is 6.65. The van der Waals surface area contributed by atoms with E-state index in [2.05, 4.69) is 0 Å². The predicted molar refractivity (Wildman–Crippen MR) is 64.4 cm³/mol. The summed E-state index contributed by atoms with van der Waals surface area (Å²) in [6.45, 7) is 6.71. The van der Waals surface area contributed by atoms with Gasteiger partial charge in [-0.15, -0.1) is 0 Å². The number of rotatable bonds is 2. The van der Waals surface area contributed by atoms with Crippen molar-refractivity contribution < 1.29 is 28.6 Å². The number of hydrogen-bond donors (Lipinski definition) is 0. The van der Waals surface area contributed by atoms with Gasteiger partial charge in [-0.05, 0) is 27.7 Å². The Labute approximate surface area is 116 Å². The number of nitro groups is 1. The van der Waals surface area contributed by atoms with E-state index in [1.54, 1.807) is 27.7 Å². The van der Waals surface area contributed by atoms with E-state index in [1.165, 1.54) is 0 Å². The maximum Gasteiger partial charge on any atom is 0.232 e. The summed E-state index contributed by atoms with van der Waals surface area (Å²) in [5.74, 6) is -1.67. The van der Waals surface area contributed by atoms with Crippen LogP contribution in [0.1, 0.15) is 27.7 Å². The summed E-state index contributed by atoms with van der Waals surface area (Å²) in [7, 11) is 0. The van der Waals surface area contributed by atoms with E-state index >= 15 is 0 Å². The second kappa shape index (κ2) is 4.35. The fourth-order valence-electron chi connectivity index (χ4n) is 3.01.